The third kappa shape index (κ3) is 3.85. The number of nitrogens with one attached hydrogen (secondary N) is 1. The van der Waals surface area contributed by atoms with Gasteiger partial charge in [0, 0.05) is 12.6 Å². The third-order valence-corrected chi connectivity index (χ3v) is 4.10. The molecule has 2 rings (SSSR count). The summed E-state index contributed by atoms with van der Waals surface area (Å²) >= 11 is 0. The van der Waals surface area contributed by atoms with E-state index in [4.69, 9.17) is 0 Å². The molecule has 0 heterocycles. The Labute approximate surface area is 106 Å². The van der Waals surface area contributed by atoms with Crippen molar-refractivity contribution in [3.05, 3.63) is 35.9 Å². The Kier molecular flexibility index (Phi) is 4.61. The second-order valence-corrected chi connectivity index (χ2v) is 5.73. The molecule has 0 saturated heterocycles. The molecule has 0 aliphatic heterocycles. The van der Waals surface area contributed by atoms with Crippen LogP contribution in [0.15, 0.2) is 30.3 Å². The number of rotatable bonds is 4. The molecule has 1 N–H and O–H groups in total. The predicted molar refractivity (Wildman–Crippen MR) is 73.9 cm³/mol. The molecule has 1 nitrogen and oxygen atoms in total. The molecule has 0 spiro atoms. The normalized spacial score (nSPS) is 25.1. The van der Waals surface area contributed by atoms with Gasteiger partial charge in [0.1, 0.15) is 0 Å². The van der Waals surface area contributed by atoms with Crippen LogP contribution < -0.4 is 5.32 Å². The van der Waals surface area contributed by atoms with Crippen molar-refractivity contribution in [1.82, 2.24) is 5.32 Å². The zero-order chi connectivity index (χ0) is 12.1. The summed E-state index contributed by atoms with van der Waals surface area (Å²) in [5, 5.41) is 3.72. The van der Waals surface area contributed by atoms with E-state index in [-0.39, 0.29) is 0 Å². The Bertz CT molecular complexity index is 318. The van der Waals surface area contributed by atoms with Gasteiger partial charge in [-0.15, -0.1) is 0 Å². The fourth-order valence-electron chi connectivity index (χ4n) is 2.88. The number of hydrogen-bond donors (Lipinski definition) is 1. The summed E-state index contributed by atoms with van der Waals surface area (Å²) in [6.07, 6.45) is 5.55. The van der Waals surface area contributed by atoms with E-state index in [1.54, 1.807) is 0 Å². The van der Waals surface area contributed by atoms with Crippen molar-refractivity contribution >= 4 is 0 Å². The predicted octanol–water partition coefficient (Wildman–Crippen LogP) is 3.99. The molecule has 0 bridgehead atoms. The standard InChI is InChI=1S/C16H25N/c1-13(2)15-9-6-10-16(11-15)17-12-14-7-4-3-5-8-14/h3-5,7-8,13,15-17H,6,9-12H2,1-2H3/t15-,16+/m0/s1. The lowest BCUT2D eigenvalue weighted by molar-refractivity contribution is 0.231. The molecule has 0 aromatic heterocycles. The fraction of sp³-hybridized carbons (Fsp3) is 0.625. The lowest BCUT2D eigenvalue weighted by atomic mass is 9.79. The average Bonchev–Trinajstić information content (AvgIpc) is 2.38. The van der Waals surface area contributed by atoms with Crippen LogP contribution in [-0.2, 0) is 6.54 Å². The van der Waals surface area contributed by atoms with E-state index >= 15 is 0 Å². The molecular formula is C16H25N. The van der Waals surface area contributed by atoms with Crippen molar-refractivity contribution in [1.29, 1.82) is 0 Å². The fourth-order valence-corrected chi connectivity index (χ4v) is 2.88. The van der Waals surface area contributed by atoms with Crippen molar-refractivity contribution in [2.45, 2.75) is 52.1 Å². The first-order valence-corrected chi connectivity index (χ1v) is 7.03. The van der Waals surface area contributed by atoms with Crippen LogP contribution in [0.4, 0.5) is 0 Å². The van der Waals surface area contributed by atoms with E-state index in [2.05, 4.69) is 49.5 Å². The maximum atomic E-state index is 3.72. The molecule has 94 valence electrons. The van der Waals surface area contributed by atoms with Crippen LogP contribution in [0.3, 0.4) is 0 Å². The first kappa shape index (κ1) is 12.6. The second-order valence-electron chi connectivity index (χ2n) is 5.73. The number of hydrogen-bond acceptors (Lipinski definition) is 1. The van der Waals surface area contributed by atoms with E-state index < -0.39 is 0 Å². The van der Waals surface area contributed by atoms with Gasteiger partial charge in [-0.3, -0.25) is 0 Å². The summed E-state index contributed by atoms with van der Waals surface area (Å²) in [6.45, 7) is 5.75. The van der Waals surface area contributed by atoms with E-state index in [1.165, 1.54) is 31.2 Å². The largest absolute Gasteiger partial charge is 0.310 e. The SMILES string of the molecule is CC(C)[C@H]1CCC[C@@H](NCc2ccccc2)C1. The highest BCUT2D eigenvalue weighted by Crippen LogP contribution is 2.29. The monoisotopic (exact) mass is 231 g/mol. The van der Waals surface area contributed by atoms with Gasteiger partial charge >= 0.3 is 0 Å². The molecule has 0 radical (unpaired) electrons. The molecule has 1 fully saturated rings. The van der Waals surface area contributed by atoms with Crippen LogP contribution in [0.5, 0.6) is 0 Å². The molecule has 0 amide bonds. The number of benzene rings is 1. The first-order chi connectivity index (χ1) is 8.25. The molecule has 1 heteroatoms. The minimum Gasteiger partial charge on any atom is -0.310 e. The molecular weight excluding hydrogens is 206 g/mol. The van der Waals surface area contributed by atoms with Gasteiger partial charge in [0.15, 0.2) is 0 Å². The lowest BCUT2D eigenvalue weighted by Gasteiger charge is -2.32. The maximum absolute atomic E-state index is 3.72. The summed E-state index contributed by atoms with van der Waals surface area (Å²) in [6, 6.07) is 11.5. The quantitative estimate of drug-likeness (QED) is 0.826. The highest BCUT2D eigenvalue weighted by Gasteiger charge is 2.23. The van der Waals surface area contributed by atoms with Gasteiger partial charge in [-0.2, -0.15) is 0 Å². The van der Waals surface area contributed by atoms with Crippen molar-refractivity contribution in [2.24, 2.45) is 11.8 Å². The van der Waals surface area contributed by atoms with Crippen LogP contribution in [0.25, 0.3) is 0 Å². The first-order valence-electron chi connectivity index (χ1n) is 7.03. The maximum Gasteiger partial charge on any atom is 0.0208 e. The van der Waals surface area contributed by atoms with E-state index in [0.717, 1.165) is 24.4 Å². The summed E-state index contributed by atoms with van der Waals surface area (Å²) in [5.41, 5.74) is 1.40. The average molecular weight is 231 g/mol. The minimum absolute atomic E-state index is 0.733. The van der Waals surface area contributed by atoms with Crippen LogP contribution in [-0.4, -0.2) is 6.04 Å². The summed E-state index contributed by atoms with van der Waals surface area (Å²) in [4.78, 5) is 0. The van der Waals surface area contributed by atoms with Crippen LogP contribution in [0.2, 0.25) is 0 Å². The third-order valence-electron chi connectivity index (χ3n) is 4.10. The van der Waals surface area contributed by atoms with Gasteiger partial charge < -0.3 is 5.32 Å². The highest BCUT2D eigenvalue weighted by molar-refractivity contribution is 5.14. The topological polar surface area (TPSA) is 12.0 Å². The molecule has 17 heavy (non-hydrogen) atoms. The second kappa shape index (κ2) is 6.20. The Morgan fingerprint density at radius 3 is 2.65 bits per heavy atom. The summed E-state index contributed by atoms with van der Waals surface area (Å²) < 4.78 is 0. The van der Waals surface area contributed by atoms with Gasteiger partial charge in [-0.25, -0.2) is 0 Å². The van der Waals surface area contributed by atoms with Gasteiger partial charge in [-0.05, 0) is 30.2 Å². The van der Waals surface area contributed by atoms with E-state index in [1.807, 2.05) is 0 Å². The molecule has 1 aromatic rings. The van der Waals surface area contributed by atoms with Crippen molar-refractivity contribution in [2.75, 3.05) is 0 Å². The molecule has 1 aliphatic rings. The lowest BCUT2D eigenvalue weighted by Crippen LogP contribution is -2.35. The van der Waals surface area contributed by atoms with Crippen LogP contribution in [0, 0.1) is 11.8 Å². The minimum atomic E-state index is 0.733. The molecule has 2 atom stereocenters. The Balaban J connectivity index is 1.79. The van der Waals surface area contributed by atoms with Crippen molar-refractivity contribution < 1.29 is 0 Å². The smallest absolute Gasteiger partial charge is 0.0208 e. The van der Waals surface area contributed by atoms with Crippen molar-refractivity contribution in [3.63, 3.8) is 0 Å². The zero-order valence-electron chi connectivity index (χ0n) is 11.2. The molecule has 1 aliphatic carbocycles. The van der Waals surface area contributed by atoms with Crippen LogP contribution in [0.1, 0.15) is 45.1 Å². The molecule has 1 saturated carbocycles. The summed E-state index contributed by atoms with van der Waals surface area (Å²) in [7, 11) is 0. The Hall–Kier alpha value is -0.820. The molecule has 1 aromatic carbocycles. The zero-order valence-corrected chi connectivity index (χ0v) is 11.2. The van der Waals surface area contributed by atoms with E-state index in [9.17, 15) is 0 Å². The van der Waals surface area contributed by atoms with Gasteiger partial charge in [0.25, 0.3) is 0 Å². The Morgan fingerprint density at radius 2 is 1.94 bits per heavy atom. The van der Waals surface area contributed by atoms with Gasteiger partial charge in [0.2, 0.25) is 0 Å². The van der Waals surface area contributed by atoms with Gasteiger partial charge in [0.05, 0.1) is 0 Å². The van der Waals surface area contributed by atoms with Crippen LogP contribution >= 0.6 is 0 Å². The van der Waals surface area contributed by atoms with Crippen molar-refractivity contribution in [3.8, 4) is 0 Å². The van der Waals surface area contributed by atoms with Gasteiger partial charge in [-0.1, -0.05) is 57.0 Å². The highest BCUT2D eigenvalue weighted by atomic mass is 14.9. The molecule has 0 unspecified atom stereocenters. The summed E-state index contributed by atoms with van der Waals surface area (Å²) in [5.74, 6) is 1.77. The van der Waals surface area contributed by atoms with E-state index in [0.29, 0.717) is 0 Å². The Morgan fingerprint density at radius 1 is 1.18 bits per heavy atom.